The fourth-order valence-electron chi connectivity index (χ4n) is 1.32. The summed E-state index contributed by atoms with van der Waals surface area (Å²) in [5.74, 6) is -1.00. The van der Waals surface area contributed by atoms with Gasteiger partial charge in [0.2, 0.25) is 10.0 Å². The van der Waals surface area contributed by atoms with Gasteiger partial charge in [-0.15, -0.1) is 0 Å². The molecular weight excluding hydrogens is 377 g/mol. The summed E-state index contributed by atoms with van der Waals surface area (Å²) in [7, 11) is -1.22. The van der Waals surface area contributed by atoms with Crippen molar-refractivity contribution in [2.75, 3.05) is 20.6 Å². The van der Waals surface area contributed by atoms with Crippen LogP contribution in [0.5, 0.6) is 0 Å². The molecular formula is C11H12BrF3N2O3S. The first-order chi connectivity index (χ1) is 9.45. The van der Waals surface area contributed by atoms with E-state index in [1.165, 1.54) is 26.2 Å². The predicted octanol–water partition coefficient (Wildman–Crippen LogP) is 1.99. The van der Waals surface area contributed by atoms with Gasteiger partial charge in [0.15, 0.2) is 0 Å². The Morgan fingerprint density at radius 2 is 1.90 bits per heavy atom. The third kappa shape index (κ3) is 4.68. The number of nitrogens with one attached hydrogen (secondary N) is 1. The number of amides is 1. The van der Waals surface area contributed by atoms with Crippen LogP contribution in [0.15, 0.2) is 27.6 Å². The topological polar surface area (TPSA) is 66.5 Å². The summed E-state index contributed by atoms with van der Waals surface area (Å²) in [6.07, 6.45) is -4.54. The monoisotopic (exact) mass is 388 g/mol. The van der Waals surface area contributed by atoms with Crippen LogP contribution < -0.4 is 5.32 Å². The average Bonchev–Trinajstić information content (AvgIpc) is 2.35. The Kier molecular flexibility index (Phi) is 5.40. The molecule has 0 radical (unpaired) electrons. The molecule has 0 aliphatic heterocycles. The lowest BCUT2D eigenvalue weighted by atomic mass is 10.2. The molecule has 0 spiro atoms. The molecule has 0 bridgehead atoms. The molecule has 1 amide bonds. The minimum atomic E-state index is -4.54. The predicted molar refractivity (Wildman–Crippen MR) is 73.4 cm³/mol. The number of sulfonamides is 1. The quantitative estimate of drug-likeness (QED) is 0.857. The fourth-order valence-corrected chi connectivity index (χ4v) is 3.17. The maximum absolute atomic E-state index is 12.0. The highest BCUT2D eigenvalue weighted by Gasteiger charge is 2.28. The molecule has 1 aromatic rings. The summed E-state index contributed by atoms with van der Waals surface area (Å²) in [6.45, 7) is -1.49. The standard InChI is InChI=1S/C11H12BrF3N2O3S/c1-17(2)21(19,20)9-5-7(3-4-8(9)12)10(18)16-6-11(13,14)15/h3-5H,6H2,1-2H3,(H,16,18). The number of rotatable bonds is 4. The second-order valence-corrected chi connectivity index (χ2v) is 7.21. The van der Waals surface area contributed by atoms with Crippen LogP contribution in [0.25, 0.3) is 0 Å². The van der Waals surface area contributed by atoms with Crippen molar-refractivity contribution in [3.05, 3.63) is 28.2 Å². The molecule has 10 heteroatoms. The summed E-state index contributed by atoms with van der Waals surface area (Å²) in [5.41, 5.74) is -0.178. The lowest BCUT2D eigenvalue weighted by Crippen LogP contribution is -2.33. The molecule has 5 nitrogen and oxygen atoms in total. The maximum atomic E-state index is 12.0. The molecule has 0 unspecified atom stereocenters. The summed E-state index contributed by atoms with van der Waals surface area (Å²) in [6, 6.07) is 3.54. The third-order valence-electron chi connectivity index (χ3n) is 2.40. The van der Waals surface area contributed by atoms with Crippen molar-refractivity contribution in [3.63, 3.8) is 0 Å². The molecule has 1 rings (SSSR count). The van der Waals surface area contributed by atoms with Gasteiger partial charge >= 0.3 is 6.18 Å². The highest BCUT2D eigenvalue weighted by Crippen LogP contribution is 2.25. The molecule has 0 aliphatic carbocycles. The number of hydrogen-bond acceptors (Lipinski definition) is 3. The van der Waals surface area contributed by atoms with Gasteiger partial charge in [-0.2, -0.15) is 13.2 Å². The molecule has 0 saturated carbocycles. The fraction of sp³-hybridized carbons (Fsp3) is 0.364. The minimum Gasteiger partial charge on any atom is -0.343 e. The molecule has 0 aromatic heterocycles. The van der Waals surface area contributed by atoms with Crippen LogP contribution in [-0.4, -0.2) is 45.4 Å². The van der Waals surface area contributed by atoms with E-state index in [-0.39, 0.29) is 14.9 Å². The molecule has 0 aliphatic rings. The van der Waals surface area contributed by atoms with Gasteiger partial charge in [-0.1, -0.05) is 0 Å². The summed E-state index contributed by atoms with van der Waals surface area (Å²) >= 11 is 3.04. The van der Waals surface area contributed by atoms with Gasteiger partial charge in [0.25, 0.3) is 5.91 Å². The Labute approximate surface area is 128 Å². The summed E-state index contributed by atoms with van der Waals surface area (Å²) in [5, 5.41) is 1.68. The molecule has 118 valence electrons. The number of hydrogen-bond donors (Lipinski definition) is 1. The maximum Gasteiger partial charge on any atom is 0.405 e. The molecule has 0 saturated heterocycles. The van der Waals surface area contributed by atoms with E-state index in [1.807, 2.05) is 0 Å². The third-order valence-corrected chi connectivity index (χ3v) is 5.21. The highest BCUT2D eigenvalue weighted by atomic mass is 79.9. The Bertz CT molecular complexity index is 645. The van der Waals surface area contributed by atoms with Crippen molar-refractivity contribution >= 4 is 31.9 Å². The number of nitrogens with zero attached hydrogens (tertiary/aromatic N) is 1. The Morgan fingerprint density at radius 1 is 1.33 bits per heavy atom. The number of alkyl halides is 3. The second kappa shape index (κ2) is 6.32. The first kappa shape index (κ1) is 17.9. The van der Waals surface area contributed by atoms with Crippen molar-refractivity contribution in [1.29, 1.82) is 0 Å². The number of carbonyl (C=O) groups is 1. The van der Waals surface area contributed by atoms with Crippen LogP contribution in [-0.2, 0) is 10.0 Å². The van der Waals surface area contributed by atoms with Crippen LogP contribution in [0.1, 0.15) is 10.4 Å². The SMILES string of the molecule is CN(C)S(=O)(=O)c1cc(C(=O)NCC(F)(F)F)ccc1Br. The normalized spacial score (nSPS) is 12.5. The number of benzene rings is 1. The zero-order chi connectivity index (χ0) is 16.4. The van der Waals surface area contributed by atoms with Gasteiger partial charge in [0.05, 0.1) is 4.90 Å². The van der Waals surface area contributed by atoms with Crippen LogP contribution in [0.3, 0.4) is 0 Å². The highest BCUT2D eigenvalue weighted by molar-refractivity contribution is 9.10. The van der Waals surface area contributed by atoms with Crippen LogP contribution in [0, 0.1) is 0 Å². The van der Waals surface area contributed by atoms with E-state index < -0.39 is 28.7 Å². The van der Waals surface area contributed by atoms with Gasteiger partial charge < -0.3 is 5.32 Å². The average molecular weight is 389 g/mol. The van der Waals surface area contributed by atoms with Crippen LogP contribution in [0.4, 0.5) is 13.2 Å². The van der Waals surface area contributed by atoms with Crippen LogP contribution in [0.2, 0.25) is 0 Å². The molecule has 1 N–H and O–H groups in total. The largest absolute Gasteiger partial charge is 0.405 e. The molecule has 0 heterocycles. The summed E-state index contributed by atoms with van der Waals surface area (Å²) in [4.78, 5) is 11.4. The van der Waals surface area contributed by atoms with E-state index in [0.717, 1.165) is 10.4 Å². The van der Waals surface area contributed by atoms with Crippen molar-refractivity contribution in [1.82, 2.24) is 9.62 Å². The lowest BCUT2D eigenvalue weighted by molar-refractivity contribution is -0.123. The number of carbonyl (C=O) groups excluding carboxylic acids is 1. The van der Waals surface area contributed by atoms with E-state index in [9.17, 15) is 26.4 Å². The molecule has 0 fully saturated rings. The zero-order valence-corrected chi connectivity index (χ0v) is 13.4. The summed E-state index contributed by atoms with van der Waals surface area (Å²) < 4.78 is 61.3. The molecule has 21 heavy (non-hydrogen) atoms. The van der Waals surface area contributed by atoms with Crippen molar-refractivity contribution in [3.8, 4) is 0 Å². The van der Waals surface area contributed by atoms with Gasteiger partial charge in [-0.3, -0.25) is 4.79 Å². The lowest BCUT2D eigenvalue weighted by Gasteiger charge is -2.14. The molecule has 1 aromatic carbocycles. The van der Waals surface area contributed by atoms with Crippen molar-refractivity contribution in [2.45, 2.75) is 11.1 Å². The van der Waals surface area contributed by atoms with E-state index in [0.29, 0.717) is 0 Å². The van der Waals surface area contributed by atoms with Gasteiger partial charge in [0.1, 0.15) is 6.54 Å². The first-order valence-corrected chi connectivity index (χ1v) is 7.75. The van der Waals surface area contributed by atoms with Gasteiger partial charge in [0, 0.05) is 24.1 Å². The van der Waals surface area contributed by atoms with Crippen molar-refractivity contribution < 1.29 is 26.4 Å². The molecule has 0 atom stereocenters. The van der Waals surface area contributed by atoms with Gasteiger partial charge in [-0.05, 0) is 34.1 Å². The first-order valence-electron chi connectivity index (χ1n) is 5.52. The Balaban J connectivity index is 3.11. The zero-order valence-electron chi connectivity index (χ0n) is 11.0. The van der Waals surface area contributed by atoms with Crippen molar-refractivity contribution in [2.24, 2.45) is 0 Å². The second-order valence-electron chi connectivity index (χ2n) is 4.23. The van der Waals surface area contributed by atoms with E-state index in [1.54, 1.807) is 5.32 Å². The van der Waals surface area contributed by atoms with E-state index in [4.69, 9.17) is 0 Å². The number of halogens is 4. The Hall–Kier alpha value is -1.13. The van der Waals surface area contributed by atoms with Crippen LogP contribution >= 0.6 is 15.9 Å². The smallest absolute Gasteiger partial charge is 0.343 e. The van der Waals surface area contributed by atoms with E-state index in [2.05, 4.69) is 15.9 Å². The Morgan fingerprint density at radius 3 is 2.38 bits per heavy atom. The van der Waals surface area contributed by atoms with E-state index >= 15 is 0 Å². The minimum absolute atomic E-state index is 0.178. The van der Waals surface area contributed by atoms with Gasteiger partial charge in [-0.25, -0.2) is 12.7 Å².